The van der Waals surface area contributed by atoms with Gasteiger partial charge >= 0.3 is 0 Å². The lowest BCUT2D eigenvalue weighted by atomic mass is 10.0. The number of rotatable bonds is 6. The van der Waals surface area contributed by atoms with Gasteiger partial charge in [-0.3, -0.25) is 9.59 Å². The molecule has 1 aliphatic heterocycles. The van der Waals surface area contributed by atoms with Crippen molar-refractivity contribution in [1.82, 2.24) is 5.32 Å². The van der Waals surface area contributed by atoms with Crippen LogP contribution in [0.2, 0.25) is 0 Å². The van der Waals surface area contributed by atoms with Gasteiger partial charge in [-0.25, -0.2) is 0 Å². The Labute approximate surface area is 139 Å². The number of amides is 2. The third kappa shape index (κ3) is 4.34. The van der Waals surface area contributed by atoms with Gasteiger partial charge in [0.25, 0.3) is 0 Å². The summed E-state index contributed by atoms with van der Waals surface area (Å²) in [5.41, 5.74) is 2.11. The lowest BCUT2D eigenvalue weighted by Gasteiger charge is -2.19. The summed E-state index contributed by atoms with van der Waals surface area (Å²) in [4.78, 5) is 26.4. The second kappa shape index (κ2) is 7.62. The summed E-state index contributed by atoms with van der Waals surface area (Å²) in [7, 11) is 0. The molecule has 0 aliphatic carbocycles. The largest absolute Gasteiger partial charge is 0.353 e. The molecule has 1 aromatic carbocycles. The Morgan fingerprint density at radius 1 is 1.35 bits per heavy atom. The van der Waals surface area contributed by atoms with Gasteiger partial charge < -0.3 is 10.2 Å². The summed E-state index contributed by atoms with van der Waals surface area (Å²) in [6, 6.07) is 8.23. The maximum absolute atomic E-state index is 12.3. The molecule has 126 valence electrons. The van der Waals surface area contributed by atoms with Crippen LogP contribution in [-0.4, -0.2) is 24.4 Å². The quantitative estimate of drug-likeness (QED) is 0.873. The van der Waals surface area contributed by atoms with Gasteiger partial charge in [0.1, 0.15) is 0 Å². The molecule has 4 heteroatoms. The molecule has 0 spiro atoms. The van der Waals surface area contributed by atoms with E-state index in [9.17, 15) is 9.59 Å². The Balaban J connectivity index is 2.05. The predicted octanol–water partition coefficient (Wildman–Crippen LogP) is 3.47. The fourth-order valence-electron chi connectivity index (χ4n) is 3.05. The number of nitrogens with zero attached hydrogens (tertiary/aromatic N) is 1. The van der Waals surface area contributed by atoms with Crippen molar-refractivity contribution >= 4 is 17.5 Å². The average molecular weight is 316 g/mol. The van der Waals surface area contributed by atoms with Crippen molar-refractivity contribution < 1.29 is 9.59 Å². The second-order valence-corrected chi connectivity index (χ2v) is 6.85. The normalized spacial score (nSPS) is 19.3. The van der Waals surface area contributed by atoms with Crippen LogP contribution >= 0.6 is 0 Å². The van der Waals surface area contributed by atoms with Crippen LogP contribution < -0.4 is 10.2 Å². The maximum Gasteiger partial charge on any atom is 0.227 e. The molecular weight excluding hydrogens is 288 g/mol. The van der Waals surface area contributed by atoms with E-state index in [1.165, 1.54) is 5.56 Å². The Morgan fingerprint density at radius 2 is 2.09 bits per heavy atom. The van der Waals surface area contributed by atoms with E-state index in [0.29, 0.717) is 18.9 Å². The Bertz CT molecular complexity index is 568. The third-order valence-electron chi connectivity index (χ3n) is 4.45. The minimum absolute atomic E-state index is 0.00168. The molecule has 0 saturated carbocycles. The minimum atomic E-state index is -0.246. The van der Waals surface area contributed by atoms with Crippen molar-refractivity contribution in [3.8, 4) is 0 Å². The van der Waals surface area contributed by atoms with Gasteiger partial charge in [-0.15, -0.1) is 0 Å². The van der Waals surface area contributed by atoms with Crippen LogP contribution in [0.5, 0.6) is 0 Å². The molecule has 1 fully saturated rings. The van der Waals surface area contributed by atoms with Crippen LogP contribution in [0.4, 0.5) is 5.69 Å². The van der Waals surface area contributed by atoms with Crippen LogP contribution in [0.3, 0.4) is 0 Å². The van der Waals surface area contributed by atoms with E-state index >= 15 is 0 Å². The van der Waals surface area contributed by atoms with Gasteiger partial charge in [-0.05, 0) is 37.0 Å². The molecule has 1 heterocycles. The number of carbonyl (C=O) groups excluding carboxylic acids is 2. The maximum atomic E-state index is 12.3. The van der Waals surface area contributed by atoms with Gasteiger partial charge in [0.15, 0.2) is 0 Å². The van der Waals surface area contributed by atoms with Crippen molar-refractivity contribution in [2.75, 3.05) is 11.4 Å². The second-order valence-electron chi connectivity index (χ2n) is 6.85. The smallest absolute Gasteiger partial charge is 0.227 e. The minimum Gasteiger partial charge on any atom is -0.353 e. The van der Waals surface area contributed by atoms with Gasteiger partial charge in [0, 0.05) is 24.7 Å². The molecule has 4 nitrogen and oxygen atoms in total. The summed E-state index contributed by atoms with van der Waals surface area (Å²) in [6.07, 6.45) is 2.31. The van der Waals surface area contributed by atoms with Gasteiger partial charge in [0.05, 0.1) is 5.92 Å². The van der Waals surface area contributed by atoms with Gasteiger partial charge in [-0.2, -0.15) is 0 Å². The Hall–Kier alpha value is -1.84. The topological polar surface area (TPSA) is 49.4 Å². The highest BCUT2D eigenvalue weighted by atomic mass is 16.2. The summed E-state index contributed by atoms with van der Waals surface area (Å²) in [5, 5.41) is 3.03. The zero-order valence-electron chi connectivity index (χ0n) is 14.6. The Morgan fingerprint density at radius 3 is 2.74 bits per heavy atom. The molecule has 2 rings (SSSR count). The van der Waals surface area contributed by atoms with Crippen molar-refractivity contribution in [2.45, 2.75) is 58.9 Å². The fraction of sp³-hybridized carbons (Fsp3) is 0.579. The van der Waals surface area contributed by atoms with E-state index in [1.807, 2.05) is 19.1 Å². The van der Waals surface area contributed by atoms with E-state index in [4.69, 9.17) is 0 Å². The summed E-state index contributed by atoms with van der Waals surface area (Å²) >= 11 is 0. The summed E-state index contributed by atoms with van der Waals surface area (Å²) in [6.45, 7) is 8.87. The first kappa shape index (κ1) is 17.5. The number of anilines is 1. The van der Waals surface area contributed by atoms with Crippen molar-refractivity contribution in [3.05, 3.63) is 29.8 Å². The van der Waals surface area contributed by atoms with E-state index < -0.39 is 0 Å². The van der Waals surface area contributed by atoms with Crippen LogP contribution in [0.1, 0.15) is 58.4 Å². The first-order chi connectivity index (χ1) is 10.9. The standard InChI is InChI=1S/C19H28N2O2/c1-5-7-14(4)20-19(23)16-11-18(22)21(12-16)17-9-6-8-15(10-17)13(2)3/h6,8-10,13-14,16H,5,7,11-12H2,1-4H3,(H,20,23). The number of nitrogens with one attached hydrogen (secondary N) is 1. The SMILES string of the molecule is CCCC(C)NC(=O)C1CC(=O)N(c2cccc(C(C)C)c2)C1. The first-order valence-corrected chi connectivity index (χ1v) is 8.63. The predicted molar refractivity (Wildman–Crippen MR) is 93.5 cm³/mol. The van der Waals surface area contributed by atoms with Crippen molar-refractivity contribution in [2.24, 2.45) is 5.92 Å². The van der Waals surface area contributed by atoms with E-state index in [2.05, 4.69) is 38.2 Å². The highest BCUT2D eigenvalue weighted by molar-refractivity contribution is 6.00. The molecule has 2 amide bonds. The number of benzene rings is 1. The first-order valence-electron chi connectivity index (χ1n) is 8.63. The van der Waals surface area contributed by atoms with Crippen molar-refractivity contribution in [3.63, 3.8) is 0 Å². The zero-order valence-corrected chi connectivity index (χ0v) is 14.6. The van der Waals surface area contributed by atoms with Crippen LogP contribution in [0, 0.1) is 5.92 Å². The third-order valence-corrected chi connectivity index (χ3v) is 4.45. The monoisotopic (exact) mass is 316 g/mol. The van der Waals surface area contributed by atoms with Gasteiger partial charge in [-0.1, -0.05) is 39.3 Å². The molecule has 1 aromatic rings. The molecule has 1 N–H and O–H groups in total. The molecular formula is C19H28N2O2. The summed E-state index contributed by atoms with van der Waals surface area (Å²) < 4.78 is 0. The average Bonchev–Trinajstić information content (AvgIpc) is 2.89. The molecule has 1 saturated heterocycles. The number of hydrogen-bond acceptors (Lipinski definition) is 2. The van der Waals surface area contributed by atoms with Crippen LogP contribution in [0.15, 0.2) is 24.3 Å². The van der Waals surface area contributed by atoms with E-state index in [-0.39, 0.29) is 23.8 Å². The molecule has 2 atom stereocenters. The molecule has 0 radical (unpaired) electrons. The number of carbonyl (C=O) groups is 2. The Kier molecular flexibility index (Phi) is 5.80. The molecule has 0 aromatic heterocycles. The lowest BCUT2D eigenvalue weighted by Crippen LogP contribution is -2.38. The lowest BCUT2D eigenvalue weighted by molar-refractivity contribution is -0.126. The summed E-state index contributed by atoms with van der Waals surface area (Å²) in [5.74, 6) is 0.210. The molecule has 0 bridgehead atoms. The van der Waals surface area contributed by atoms with Crippen LogP contribution in [-0.2, 0) is 9.59 Å². The molecule has 23 heavy (non-hydrogen) atoms. The fourth-order valence-corrected chi connectivity index (χ4v) is 3.05. The van der Waals surface area contributed by atoms with Crippen molar-refractivity contribution in [1.29, 1.82) is 0 Å². The molecule has 1 aliphatic rings. The number of hydrogen-bond donors (Lipinski definition) is 1. The highest BCUT2D eigenvalue weighted by Crippen LogP contribution is 2.28. The zero-order chi connectivity index (χ0) is 17.0. The van der Waals surface area contributed by atoms with Gasteiger partial charge in [0.2, 0.25) is 11.8 Å². The van der Waals surface area contributed by atoms with Crippen LogP contribution in [0.25, 0.3) is 0 Å². The molecule has 2 unspecified atom stereocenters. The highest BCUT2D eigenvalue weighted by Gasteiger charge is 2.35. The van der Waals surface area contributed by atoms with E-state index in [0.717, 1.165) is 18.5 Å². The van der Waals surface area contributed by atoms with E-state index in [1.54, 1.807) is 4.90 Å².